The lowest BCUT2D eigenvalue weighted by atomic mass is 10.1. The van der Waals surface area contributed by atoms with Crippen LogP contribution in [0.3, 0.4) is 0 Å². The fourth-order valence-electron chi connectivity index (χ4n) is 2.17. The van der Waals surface area contributed by atoms with Gasteiger partial charge in [0.15, 0.2) is 4.34 Å². The zero-order chi connectivity index (χ0) is 16.2. The van der Waals surface area contributed by atoms with Crippen molar-refractivity contribution in [3.63, 3.8) is 0 Å². The number of carbonyl (C=O) groups is 1. The van der Waals surface area contributed by atoms with Gasteiger partial charge in [0.25, 0.3) is 0 Å². The lowest BCUT2D eigenvalue weighted by molar-refractivity contribution is -0.115. The molecule has 0 aliphatic heterocycles. The van der Waals surface area contributed by atoms with E-state index in [4.69, 9.17) is 0 Å². The predicted octanol–water partition coefficient (Wildman–Crippen LogP) is 4.98. The summed E-state index contributed by atoms with van der Waals surface area (Å²) in [6.07, 6.45) is 0.998. The number of benzene rings is 2. The second kappa shape index (κ2) is 7.15. The van der Waals surface area contributed by atoms with E-state index in [1.165, 1.54) is 17.3 Å². The number of anilines is 1. The van der Waals surface area contributed by atoms with Gasteiger partial charge in [0.05, 0.1) is 15.5 Å². The Hall–Kier alpha value is -1.85. The Morgan fingerprint density at radius 3 is 2.65 bits per heavy atom. The fourth-order valence-corrected chi connectivity index (χ4v) is 4.39. The molecule has 0 saturated carbocycles. The standard InChI is InChI=1S/C18H18N2OS2/c1-3-13-8-10-14(11-9-13)19-17(21)12(2)22-18-20-15-6-4-5-7-16(15)23-18/h4-12H,3H2,1-2H3,(H,19,21)/t12-/m1/s1. The molecule has 3 aromatic rings. The van der Waals surface area contributed by atoms with E-state index >= 15 is 0 Å². The van der Waals surface area contributed by atoms with Gasteiger partial charge in [-0.1, -0.05) is 43.0 Å². The van der Waals surface area contributed by atoms with Crippen LogP contribution in [0.1, 0.15) is 19.4 Å². The molecule has 0 bridgehead atoms. The number of aryl methyl sites for hydroxylation is 1. The Bertz CT molecular complexity index is 778. The smallest absolute Gasteiger partial charge is 0.237 e. The molecule has 0 saturated heterocycles. The first-order valence-corrected chi connectivity index (χ1v) is 9.27. The van der Waals surface area contributed by atoms with E-state index in [0.29, 0.717) is 0 Å². The third-order valence-corrected chi connectivity index (χ3v) is 5.78. The SMILES string of the molecule is CCc1ccc(NC(=O)[C@@H](C)Sc2nc3ccccc3s2)cc1. The normalized spacial score (nSPS) is 12.3. The lowest BCUT2D eigenvalue weighted by Crippen LogP contribution is -2.22. The van der Waals surface area contributed by atoms with Crippen LogP contribution in [0.25, 0.3) is 10.2 Å². The number of amides is 1. The maximum Gasteiger partial charge on any atom is 0.237 e. The summed E-state index contributed by atoms with van der Waals surface area (Å²) in [5.41, 5.74) is 3.09. The highest BCUT2D eigenvalue weighted by Crippen LogP contribution is 2.32. The number of nitrogens with one attached hydrogen (secondary N) is 1. The topological polar surface area (TPSA) is 42.0 Å². The summed E-state index contributed by atoms with van der Waals surface area (Å²) < 4.78 is 2.08. The number of hydrogen-bond donors (Lipinski definition) is 1. The molecule has 1 atom stereocenters. The molecule has 118 valence electrons. The second-order valence-corrected chi connectivity index (χ2v) is 7.87. The minimum absolute atomic E-state index is 0.00138. The monoisotopic (exact) mass is 342 g/mol. The molecule has 1 N–H and O–H groups in total. The third kappa shape index (κ3) is 3.92. The Kier molecular flexibility index (Phi) is 4.98. The summed E-state index contributed by atoms with van der Waals surface area (Å²) in [5.74, 6) is -0.00138. The molecule has 3 rings (SSSR count). The molecule has 0 aliphatic carbocycles. The van der Waals surface area contributed by atoms with Gasteiger partial charge in [0.2, 0.25) is 5.91 Å². The Labute approximate surface area is 144 Å². The van der Waals surface area contributed by atoms with Crippen LogP contribution < -0.4 is 5.32 Å². The van der Waals surface area contributed by atoms with Gasteiger partial charge in [-0.25, -0.2) is 4.98 Å². The van der Waals surface area contributed by atoms with E-state index in [1.54, 1.807) is 11.3 Å². The van der Waals surface area contributed by atoms with Crippen molar-refractivity contribution in [1.82, 2.24) is 4.98 Å². The predicted molar refractivity (Wildman–Crippen MR) is 99.4 cm³/mol. The minimum atomic E-state index is -0.193. The van der Waals surface area contributed by atoms with Crippen LogP contribution in [0.5, 0.6) is 0 Å². The number of fused-ring (bicyclic) bond motifs is 1. The van der Waals surface area contributed by atoms with Crippen molar-refractivity contribution in [2.24, 2.45) is 0 Å². The van der Waals surface area contributed by atoms with Crippen LogP contribution in [0.15, 0.2) is 52.9 Å². The molecular formula is C18H18N2OS2. The molecule has 0 spiro atoms. The molecule has 0 unspecified atom stereocenters. The van der Waals surface area contributed by atoms with Crippen LogP contribution in [-0.2, 0) is 11.2 Å². The first kappa shape index (κ1) is 16.0. The molecule has 3 nitrogen and oxygen atoms in total. The Morgan fingerprint density at radius 2 is 1.96 bits per heavy atom. The Balaban J connectivity index is 1.64. The molecule has 0 aliphatic rings. The van der Waals surface area contributed by atoms with E-state index in [2.05, 4.69) is 23.3 Å². The van der Waals surface area contributed by atoms with Crippen LogP contribution in [0.2, 0.25) is 0 Å². The molecular weight excluding hydrogens is 324 g/mol. The maximum atomic E-state index is 12.3. The van der Waals surface area contributed by atoms with Crippen molar-refractivity contribution in [2.45, 2.75) is 29.9 Å². The molecule has 1 aromatic heterocycles. The molecule has 5 heteroatoms. The number of thioether (sulfide) groups is 1. The summed E-state index contributed by atoms with van der Waals surface area (Å²) in [4.78, 5) is 16.9. The molecule has 0 fully saturated rings. The molecule has 23 heavy (non-hydrogen) atoms. The Morgan fingerprint density at radius 1 is 1.22 bits per heavy atom. The first-order chi connectivity index (χ1) is 11.2. The highest BCUT2D eigenvalue weighted by Gasteiger charge is 2.17. The molecule has 1 amide bonds. The summed E-state index contributed by atoms with van der Waals surface area (Å²) in [5, 5.41) is 2.77. The summed E-state index contributed by atoms with van der Waals surface area (Å²) in [7, 11) is 0. The number of hydrogen-bond acceptors (Lipinski definition) is 4. The third-order valence-electron chi connectivity index (χ3n) is 3.55. The van der Waals surface area contributed by atoms with E-state index < -0.39 is 0 Å². The van der Waals surface area contributed by atoms with Crippen molar-refractivity contribution in [1.29, 1.82) is 0 Å². The van der Waals surface area contributed by atoms with E-state index in [9.17, 15) is 4.79 Å². The zero-order valence-corrected chi connectivity index (χ0v) is 14.7. The largest absolute Gasteiger partial charge is 0.325 e. The maximum absolute atomic E-state index is 12.3. The minimum Gasteiger partial charge on any atom is -0.325 e. The van der Waals surface area contributed by atoms with Crippen molar-refractivity contribution in [3.8, 4) is 0 Å². The van der Waals surface area contributed by atoms with Crippen LogP contribution in [0, 0.1) is 0 Å². The number of nitrogens with zero attached hydrogens (tertiary/aromatic N) is 1. The summed E-state index contributed by atoms with van der Waals surface area (Å²) in [6.45, 7) is 4.02. The van der Waals surface area contributed by atoms with Gasteiger partial charge in [-0.15, -0.1) is 11.3 Å². The number of thiazole rings is 1. The van der Waals surface area contributed by atoms with Crippen LogP contribution >= 0.6 is 23.1 Å². The average molecular weight is 342 g/mol. The second-order valence-electron chi connectivity index (χ2n) is 5.25. The molecule has 2 aromatic carbocycles. The first-order valence-electron chi connectivity index (χ1n) is 7.57. The van der Waals surface area contributed by atoms with Crippen molar-refractivity contribution >= 4 is 44.9 Å². The van der Waals surface area contributed by atoms with Crippen molar-refractivity contribution in [3.05, 3.63) is 54.1 Å². The highest BCUT2D eigenvalue weighted by molar-refractivity contribution is 8.02. The zero-order valence-electron chi connectivity index (χ0n) is 13.1. The van der Waals surface area contributed by atoms with E-state index in [0.717, 1.165) is 26.7 Å². The lowest BCUT2D eigenvalue weighted by Gasteiger charge is -2.10. The fraction of sp³-hybridized carbons (Fsp3) is 0.222. The van der Waals surface area contributed by atoms with Gasteiger partial charge in [-0.3, -0.25) is 4.79 Å². The van der Waals surface area contributed by atoms with Gasteiger partial charge in [-0.05, 0) is 43.2 Å². The van der Waals surface area contributed by atoms with Gasteiger partial charge in [0, 0.05) is 5.69 Å². The summed E-state index contributed by atoms with van der Waals surface area (Å²) >= 11 is 3.13. The average Bonchev–Trinajstić information content (AvgIpc) is 2.97. The number of para-hydroxylation sites is 1. The molecule has 1 heterocycles. The number of aromatic nitrogens is 1. The highest BCUT2D eigenvalue weighted by atomic mass is 32.2. The van der Waals surface area contributed by atoms with Crippen molar-refractivity contribution in [2.75, 3.05) is 5.32 Å². The van der Waals surface area contributed by atoms with E-state index in [1.807, 2.05) is 49.4 Å². The van der Waals surface area contributed by atoms with Crippen LogP contribution in [0.4, 0.5) is 5.69 Å². The van der Waals surface area contributed by atoms with Crippen molar-refractivity contribution < 1.29 is 4.79 Å². The number of rotatable bonds is 5. The number of carbonyl (C=O) groups excluding carboxylic acids is 1. The van der Waals surface area contributed by atoms with Crippen LogP contribution in [-0.4, -0.2) is 16.1 Å². The van der Waals surface area contributed by atoms with E-state index in [-0.39, 0.29) is 11.2 Å². The van der Waals surface area contributed by atoms with Gasteiger partial charge in [0.1, 0.15) is 0 Å². The van der Waals surface area contributed by atoms with Gasteiger partial charge < -0.3 is 5.32 Å². The quantitative estimate of drug-likeness (QED) is 0.665. The molecule has 0 radical (unpaired) electrons. The van der Waals surface area contributed by atoms with Gasteiger partial charge in [-0.2, -0.15) is 0 Å². The summed E-state index contributed by atoms with van der Waals surface area (Å²) in [6, 6.07) is 16.0. The van der Waals surface area contributed by atoms with Gasteiger partial charge >= 0.3 is 0 Å².